The number of rotatable bonds is 42. The summed E-state index contributed by atoms with van der Waals surface area (Å²) in [6, 6.07) is 0. The number of nitrogens with two attached hydrogens (primary N) is 1. The molecule has 0 aliphatic rings. The number of ether oxygens (including phenoxy) is 2. The Bertz CT molecular complexity index is 718. The zero-order chi connectivity index (χ0) is 37.3. The van der Waals surface area contributed by atoms with Gasteiger partial charge in [0.15, 0.2) is 0 Å². The van der Waals surface area contributed by atoms with E-state index in [1.807, 2.05) is 0 Å². The second kappa shape index (κ2) is 41.6. The zero-order valence-corrected chi connectivity index (χ0v) is 34.8. The maximum absolute atomic E-state index is 12.7. The Morgan fingerprint density at radius 1 is 0.451 bits per heavy atom. The van der Waals surface area contributed by atoms with Crippen molar-refractivity contribution in [3.63, 3.8) is 0 Å². The molecule has 0 rings (SSSR count). The van der Waals surface area contributed by atoms with Crippen molar-refractivity contribution in [1.29, 1.82) is 0 Å². The summed E-state index contributed by atoms with van der Waals surface area (Å²) < 4.78 is 11.5. The van der Waals surface area contributed by atoms with Crippen molar-refractivity contribution >= 4 is 11.9 Å². The number of carbonyl (C=O) groups excluding carboxylic acids is 2. The van der Waals surface area contributed by atoms with E-state index in [9.17, 15) is 9.59 Å². The zero-order valence-electron chi connectivity index (χ0n) is 34.8. The van der Waals surface area contributed by atoms with Crippen molar-refractivity contribution in [3.8, 4) is 0 Å². The average molecular weight is 723 g/mol. The summed E-state index contributed by atoms with van der Waals surface area (Å²) in [4.78, 5) is 27.4. The smallest absolute Gasteiger partial charge is 0.306 e. The van der Waals surface area contributed by atoms with Crippen LogP contribution in [0.1, 0.15) is 239 Å². The molecule has 0 aliphatic carbocycles. The van der Waals surface area contributed by atoms with Crippen LogP contribution in [-0.4, -0.2) is 55.7 Å². The quantitative estimate of drug-likeness (QED) is 0.0499. The largest absolute Gasteiger partial charge is 0.466 e. The molecule has 1 unspecified atom stereocenters. The number of hydrogen-bond acceptors (Lipinski definition) is 6. The first-order valence-electron chi connectivity index (χ1n) is 22.8. The number of nitrogens with zero attached hydrogens (tertiary/aromatic N) is 1. The highest BCUT2D eigenvalue weighted by molar-refractivity contribution is 5.69. The van der Waals surface area contributed by atoms with Crippen molar-refractivity contribution < 1.29 is 19.1 Å². The molecule has 0 aromatic rings. The van der Waals surface area contributed by atoms with Crippen LogP contribution >= 0.6 is 0 Å². The SMILES string of the molecule is CCCCCCCCCOC(=O)CCCCCCCN(CCCCN)CCCCCCCC(=O)OC(CCCCCCC)CCCCCCCC. The van der Waals surface area contributed by atoms with Gasteiger partial charge in [0.2, 0.25) is 0 Å². The molecular weight excluding hydrogens is 633 g/mol. The van der Waals surface area contributed by atoms with Crippen LogP contribution in [-0.2, 0) is 19.1 Å². The van der Waals surface area contributed by atoms with E-state index < -0.39 is 0 Å². The van der Waals surface area contributed by atoms with E-state index in [1.165, 1.54) is 154 Å². The number of hydrogen-bond donors (Lipinski definition) is 1. The van der Waals surface area contributed by atoms with Crippen LogP contribution in [0.5, 0.6) is 0 Å². The molecule has 1 atom stereocenters. The average Bonchev–Trinajstić information content (AvgIpc) is 3.12. The van der Waals surface area contributed by atoms with Crippen LogP contribution in [0.2, 0.25) is 0 Å². The predicted octanol–water partition coefficient (Wildman–Crippen LogP) is 13.0. The lowest BCUT2D eigenvalue weighted by molar-refractivity contribution is -0.150. The number of carbonyl (C=O) groups is 2. The van der Waals surface area contributed by atoms with Gasteiger partial charge in [0.1, 0.15) is 6.10 Å². The van der Waals surface area contributed by atoms with Gasteiger partial charge in [-0.1, -0.05) is 156 Å². The summed E-state index contributed by atoms with van der Waals surface area (Å²) in [6.45, 7) is 11.6. The molecule has 0 aromatic carbocycles. The highest BCUT2D eigenvalue weighted by atomic mass is 16.5. The molecule has 0 fully saturated rings. The summed E-state index contributed by atoms with van der Waals surface area (Å²) in [5.74, 6) is 0.0206. The van der Waals surface area contributed by atoms with Gasteiger partial charge in [-0.2, -0.15) is 0 Å². The molecule has 0 radical (unpaired) electrons. The maximum atomic E-state index is 12.7. The third-order valence-corrected chi connectivity index (χ3v) is 10.5. The Morgan fingerprint density at radius 2 is 0.824 bits per heavy atom. The van der Waals surface area contributed by atoms with Gasteiger partial charge in [0.05, 0.1) is 6.61 Å². The third kappa shape index (κ3) is 38.4. The molecule has 0 aromatic heterocycles. The minimum atomic E-state index is -0.0112. The Kier molecular flexibility index (Phi) is 40.7. The van der Waals surface area contributed by atoms with Gasteiger partial charge in [-0.25, -0.2) is 0 Å². The van der Waals surface area contributed by atoms with Gasteiger partial charge in [0, 0.05) is 12.8 Å². The van der Waals surface area contributed by atoms with Gasteiger partial charge in [-0.15, -0.1) is 0 Å². The highest BCUT2D eigenvalue weighted by Crippen LogP contribution is 2.18. The molecule has 0 amide bonds. The molecule has 0 heterocycles. The molecule has 6 nitrogen and oxygen atoms in total. The van der Waals surface area contributed by atoms with Crippen LogP contribution in [0, 0.1) is 0 Å². The number of esters is 2. The molecule has 0 bridgehead atoms. The van der Waals surface area contributed by atoms with Gasteiger partial charge in [-0.05, 0) is 96.8 Å². The molecular formula is C45H90N2O4. The van der Waals surface area contributed by atoms with Crippen molar-refractivity contribution in [2.75, 3.05) is 32.8 Å². The fourth-order valence-electron chi connectivity index (χ4n) is 7.04. The molecule has 2 N–H and O–H groups in total. The van der Waals surface area contributed by atoms with Gasteiger partial charge >= 0.3 is 11.9 Å². The summed E-state index contributed by atoms with van der Waals surface area (Å²) in [5, 5.41) is 0. The standard InChI is InChI=1S/C45H90N2O4/c1-4-7-10-13-15-24-33-42-50-44(48)36-27-20-16-22-30-39-47(41-32-29-38-46)40-31-23-17-21-28-37-45(49)51-43(34-25-18-12-9-6-3)35-26-19-14-11-8-5-2/h43H,4-42,46H2,1-3H3. The molecule has 0 spiro atoms. The molecule has 6 heteroatoms. The van der Waals surface area contributed by atoms with Crippen LogP contribution < -0.4 is 5.73 Å². The van der Waals surface area contributed by atoms with Crippen molar-refractivity contribution in [2.24, 2.45) is 5.73 Å². The molecule has 0 aliphatic heterocycles. The van der Waals surface area contributed by atoms with Crippen LogP contribution in [0.4, 0.5) is 0 Å². The monoisotopic (exact) mass is 723 g/mol. The van der Waals surface area contributed by atoms with Gasteiger partial charge in [0.25, 0.3) is 0 Å². The summed E-state index contributed by atoms with van der Waals surface area (Å²) >= 11 is 0. The van der Waals surface area contributed by atoms with E-state index >= 15 is 0 Å². The lowest BCUT2D eigenvalue weighted by atomic mass is 10.0. The highest BCUT2D eigenvalue weighted by Gasteiger charge is 2.14. The lowest BCUT2D eigenvalue weighted by Crippen LogP contribution is -2.27. The summed E-state index contributed by atoms with van der Waals surface area (Å²) in [5.41, 5.74) is 5.78. The van der Waals surface area contributed by atoms with Crippen LogP contribution in [0.15, 0.2) is 0 Å². The lowest BCUT2D eigenvalue weighted by Gasteiger charge is -2.22. The molecule has 304 valence electrons. The van der Waals surface area contributed by atoms with Crippen molar-refractivity contribution in [3.05, 3.63) is 0 Å². The van der Waals surface area contributed by atoms with Crippen molar-refractivity contribution in [2.45, 2.75) is 245 Å². The summed E-state index contributed by atoms with van der Waals surface area (Å²) in [6.07, 6.45) is 39.9. The normalized spacial score (nSPS) is 12.1. The minimum absolute atomic E-state index is 0.0112. The Morgan fingerprint density at radius 3 is 1.29 bits per heavy atom. The second-order valence-electron chi connectivity index (χ2n) is 15.6. The van der Waals surface area contributed by atoms with Crippen molar-refractivity contribution in [1.82, 2.24) is 4.90 Å². The fourth-order valence-corrected chi connectivity index (χ4v) is 7.04. The predicted molar refractivity (Wildman–Crippen MR) is 220 cm³/mol. The first-order valence-corrected chi connectivity index (χ1v) is 22.8. The molecule has 51 heavy (non-hydrogen) atoms. The fraction of sp³-hybridized carbons (Fsp3) is 0.956. The van der Waals surface area contributed by atoms with E-state index in [4.69, 9.17) is 15.2 Å². The Labute approximate surface area is 318 Å². The maximum Gasteiger partial charge on any atom is 0.306 e. The first kappa shape index (κ1) is 49.9. The molecule has 0 saturated heterocycles. The molecule has 0 saturated carbocycles. The van der Waals surface area contributed by atoms with E-state index in [0.717, 1.165) is 77.5 Å². The Hall–Kier alpha value is -1.14. The van der Waals surface area contributed by atoms with E-state index in [-0.39, 0.29) is 18.0 Å². The van der Waals surface area contributed by atoms with Gasteiger partial charge in [-0.3, -0.25) is 9.59 Å². The van der Waals surface area contributed by atoms with E-state index in [2.05, 4.69) is 25.7 Å². The Balaban J connectivity index is 4.07. The van der Waals surface area contributed by atoms with E-state index in [1.54, 1.807) is 0 Å². The summed E-state index contributed by atoms with van der Waals surface area (Å²) in [7, 11) is 0. The third-order valence-electron chi connectivity index (χ3n) is 10.5. The topological polar surface area (TPSA) is 81.9 Å². The second-order valence-corrected chi connectivity index (χ2v) is 15.6. The van der Waals surface area contributed by atoms with Gasteiger partial charge < -0.3 is 20.1 Å². The minimum Gasteiger partial charge on any atom is -0.466 e. The first-order chi connectivity index (χ1) is 25.1. The number of unbranched alkanes of at least 4 members (excludes halogenated alkanes) is 24. The van der Waals surface area contributed by atoms with E-state index in [0.29, 0.717) is 19.4 Å². The van der Waals surface area contributed by atoms with Crippen LogP contribution in [0.3, 0.4) is 0 Å². The van der Waals surface area contributed by atoms with Crippen LogP contribution in [0.25, 0.3) is 0 Å².